The maximum absolute atomic E-state index is 7.52. The van der Waals surface area contributed by atoms with Gasteiger partial charge < -0.3 is 10.5 Å². The Hall–Kier alpha value is -2.29. The van der Waals surface area contributed by atoms with Crippen LogP contribution in [0.25, 0.3) is 0 Å². The average Bonchev–Trinajstić information content (AvgIpc) is 2.36. The summed E-state index contributed by atoms with van der Waals surface area (Å²) in [5.74, 6) is 0.959. The molecule has 0 saturated carbocycles. The highest BCUT2D eigenvalue weighted by molar-refractivity contribution is 5.95. The molecule has 0 radical (unpaired) electrons. The zero-order valence-corrected chi connectivity index (χ0v) is 13.1. The first-order chi connectivity index (χ1) is 9.86. The van der Waals surface area contributed by atoms with Gasteiger partial charge in [0.05, 0.1) is 0 Å². The Bertz CT molecular complexity index is 646. The Morgan fingerprint density at radius 2 is 1.48 bits per heavy atom. The molecule has 0 bridgehead atoms. The van der Waals surface area contributed by atoms with Crippen molar-refractivity contribution in [2.45, 2.75) is 34.3 Å². The van der Waals surface area contributed by atoms with Gasteiger partial charge in [0.25, 0.3) is 0 Å². The lowest BCUT2D eigenvalue weighted by Crippen LogP contribution is -2.12. The lowest BCUT2D eigenvalue weighted by molar-refractivity contribution is 0.302. The van der Waals surface area contributed by atoms with Gasteiger partial charge >= 0.3 is 0 Å². The van der Waals surface area contributed by atoms with E-state index in [1.54, 1.807) is 0 Å². The zero-order valence-electron chi connectivity index (χ0n) is 13.1. The van der Waals surface area contributed by atoms with Gasteiger partial charge in [0, 0.05) is 5.56 Å². The second-order valence-corrected chi connectivity index (χ2v) is 5.64. The number of nitrogen functional groups attached to an aromatic ring is 1. The summed E-state index contributed by atoms with van der Waals surface area (Å²) in [7, 11) is 0. The van der Waals surface area contributed by atoms with Crippen LogP contribution < -0.4 is 10.5 Å². The summed E-state index contributed by atoms with van der Waals surface area (Å²) < 4.78 is 5.99. The Morgan fingerprint density at radius 3 is 1.95 bits per heavy atom. The first kappa shape index (κ1) is 15.1. The summed E-state index contributed by atoms with van der Waals surface area (Å²) in [5, 5.41) is 7.52. The summed E-state index contributed by atoms with van der Waals surface area (Å²) in [6.07, 6.45) is 0. The van der Waals surface area contributed by atoms with E-state index in [1.165, 1.54) is 16.7 Å². The molecule has 2 aromatic carbocycles. The number of hydrogen-bond acceptors (Lipinski definition) is 2. The van der Waals surface area contributed by atoms with Gasteiger partial charge in [-0.25, -0.2) is 0 Å². The first-order valence-electron chi connectivity index (χ1n) is 7.02. The van der Waals surface area contributed by atoms with E-state index in [4.69, 9.17) is 15.9 Å². The van der Waals surface area contributed by atoms with Crippen LogP contribution in [0, 0.1) is 33.1 Å². The predicted molar refractivity (Wildman–Crippen MR) is 87.2 cm³/mol. The number of benzene rings is 2. The second-order valence-electron chi connectivity index (χ2n) is 5.64. The van der Waals surface area contributed by atoms with E-state index in [-0.39, 0.29) is 5.84 Å². The van der Waals surface area contributed by atoms with E-state index in [1.807, 2.05) is 26.0 Å². The lowest BCUT2D eigenvalue weighted by atomic mass is 10.0. The minimum Gasteiger partial charge on any atom is -0.488 e. The van der Waals surface area contributed by atoms with Crippen molar-refractivity contribution in [2.75, 3.05) is 0 Å². The minimum absolute atomic E-state index is 0.0852. The van der Waals surface area contributed by atoms with E-state index in [0.29, 0.717) is 6.61 Å². The van der Waals surface area contributed by atoms with E-state index < -0.39 is 0 Å². The molecule has 110 valence electrons. The highest BCUT2D eigenvalue weighted by atomic mass is 16.5. The van der Waals surface area contributed by atoms with Crippen molar-refractivity contribution in [1.29, 1.82) is 5.41 Å². The van der Waals surface area contributed by atoms with Gasteiger partial charge in [0.1, 0.15) is 18.2 Å². The Kier molecular flexibility index (Phi) is 4.32. The Labute approximate surface area is 126 Å². The second kappa shape index (κ2) is 6.00. The third-order valence-electron chi connectivity index (χ3n) is 3.44. The fourth-order valence-electron chi connectivity index (χ4n) is 2.64. The van der Waals surface area contributed by atoms with E-state index in [2.05, 4.69) is 32.0 Å². The summed E-state index contributed by atoms with van der Waals surface area (Å²) in [6.45, 7) is 8.69. The van der Waals surface area contributed by atoms with E-state index in [0.717, 1.165) is 22.4 Å². The van der Waals surface area contributed by atoms with Crippen LogP contribution in [0.1, 0.15) is 33.4 Å². The highest BCUT2D eigenvalue weighted by Crippen LogP contribution is 2.26. The average molecular weight is 282 g/mol. The van der Waals surface area contributed by atoms with Crippen LogP contribution in [-0.2, 0) is 6.61 Å². The molecule has 21 heavy (non-hydrogen) atoms. The number of ether oxygens (including phenoxy) is 1. The van der Waals surface area contributed by atoms with Crippen molar-refractivity contribution < 1.29 is 4.74 Å². The molecule has 0 heterocycles. The summed E-state index contributed by atoms with van der Waals surface area (Å²) in [5.41, 5.74) is 11.9. The molecular formula is C18H22N2O. The molecule has 0 aromatic heterocycles. The van der Waals surface area contributed by atoms with Gasteiger partial charge in [0.2, 0.25) is 0 Å². The van der Waals surface area contributed by atoms with Crippen LogP contribution in [0.15, 0.2) is 30.3 Å². The third kappa shape index (κ3) is 3.63. The van der Waals surface area contributed by atoms with Crippen LogP contribution in [0.5, 0.6) is 5.75 Å². The van der Waals surface area contributed by atoms with E-state index >= 15 is 0 Å². The van der Waals surface area contributed by atoms with Crippen molar-refractivity contribution in [3.63, 3.8) is 0 Å². The molecule has 3 nitrogen and oxygen atoms in total. The number of nitrogens with two attached hydrogens (primary N) is 1. The number of nitrogens with one attached hydrogen (secondary N) is 1. The summed E-state index contributed by atoms with van der Waals surface area (Å²) in [4.78, 5) is 0. The molecule has 0 unspecified atom stereocenters. The highest BCUT2D eigenvalue weighted by Gasteiger charge is 2.08. The fourth-order valence-corrected chi connectivity index (χ4v) is 2.64. The van der Waals surface area contributed by atoms with Gasteiger partial charge in [-0.05, 0) is 56.5 Å². The van der Waals surface area contributed by atoms with Crippen LogP contribution in [0.3, 0.4) is 0 Å². The number of rotatable bonds is 4. The first-order valence-corrected chi connectivity index (χ1v) is 7.02. The molecule has 0 amide bonds. The van der Waals surface area contributed by atoms with Gasteiger partial charge in [0.15, 0.2) is 0 Å². The quantitative estimate of drug-likeness (QED) is 0.662. The van der Waals surface area contributed by atoms with Crippen LogP contribution >= 0.6 is 0 Å². The third-order valence-corrected chi connectivity index (χ3v) is 3.44. The maximum atomic E-state index is 7.52. The standard InChI is InChI=1S/C18H22N2O/c1-11-5-12(2)7-15(6-11)10-21-17-13(3)8-16(18(19)20)9-14(17)4/h5-9H,10H2,1-4H3,(H3,19,20). The SMILES string of the molecule is Cc1cc(C)cc(COc2c(C)cc(C(=N)N)cc2C)c1. The van der Waals surface area contributed by atoms with Crippen molar-refractivity contribution in [1.82, 2.24) is 0 Å². The molecule has 3 N–H and O–H groups in total. The van der Waals surface area contributed by atoms with Crippen molar-refractivity contribution >= 4 is 5.84 Å². The van der Waals surface area contributed by atoms with Crippen molar-refractivity contribution in [3.05, 3.63) is 63.7 Å². The normalized spacial score (nSPS) is 10.5. The predicted octanol–water partition coefficient (Wildman–Crippen LogP) is 3.78. The fraction of sp³-hybridized carbons (Fsp3) is 0.278. The van der Waals surface area contributed by atoms with Gasteiger partial charge in [-0.15, -0.1) is 0 Å². The summed E-state index contributed by atoms with van der Waals surface area (Å²) >= 11 is 0. The minimum atomic E-state index is 0.0852. The molecule has 2 rings (SSSR count). The molecular weight excluding hydrogens is 260 g/mol. The van der Waals surface area contributed by atoms with Gasteiger partial charge in [-0.2, -0.15) is 0 Å². The van der Waals surface area contributed by atoms with Crippen LogP contribution in [0.2, 0.25) is 0 Å². The van der Waals surface area contributed by atoms with Crippen molar-refractivity contribution in [3.8, 4) is 5.75 Å². The molecule has 0 aliphatic heterocycles. The largest absolute Gasteiger partial charge is 0.488 e. The maximum Gasteiger partial charge on any atom is 0.125 e. The number of hydrogen-bond donors (Lipinski definition) is 2. The Morgan fingerprint density at radius 1 is 0.952 bits per heavy atom. The smallest absolute Gasteiger partial charge is 0.125 e. The lowest BCUT2D eigenvalue weighted by Gasteiger charge is -2.14. The molecule has 3 heteroatoms. The monoisotopic (exact) mass is 282 g/mol. The molecule has 2 aromatic rings. The molecule has 0 aliphatic carbocycles. The van der Waals surface area contributed by atoms with Crippen molar-refractivity contribution in [2.24, 2.45) is 5.73 Å². The topological polar surface area (TPSA) is 59.1 Å². The molecule has 0 spiro atoms. The zero-order chi connectivity index (χ0) is 15.6. The van der Waals surface area contributed by atoms with Crippen LogP contribution in [-0.4, -0.2) is 5.84 Å². The molecule has 0 aliphatic rings. The van der Waals surface area contributed by atoms with Gasteiger partial charge in [-0.1, -0.05) is 29.3 Å². The number of aryl methyl sites for hydroxylation is 4. The molecule has 0 fully saturated rings. The Balaban J connectivity index is 2.22. The molecule has 0 atom stereocenters. The molecule has 0 saturated heterocycles. The van der Waals surface area contributed by atoms with Crippen LogP contribution in [0.4, 0.5) is 0 Å². The van der Waals surface area contributed by atoms with E-state index in [9.17, 15) is 0 Å². The summed E-state index contributed by atoms with van der Waals surface area (Å²) in [6, 6.07) is 10.2. The number of amidine groups is 1. The van der Waals surface area contributed by atoms with Gasteiger partial charge in [-0.3, -0.25) is 5.41 Å².